The first-order chi connectivity index (χ1) is 6.70. The summed E-state index contributed by atoms with van der Waals surface area (Å²) in [5.41, 5.74) is 1.48. The van der Waals surface area contributed by atoms with Crippen molar-refractivity contribution in [3.05, 3.63) is 29.6 Å². The summed E-state index contributed by atoms with van der Waals surface area (Å²) in [4.78, 5) is 2.03. The van der Waals surface area contributed by atoms with Crippen LogP contribution in [0.4, 0.5) is 10.1 Å². The van der Waals surface area contributed by atoms with E-state index in [-0.39, 0.29) is 11.7 Å². The fourth-order valence-electron chi connectivity index (χ4n) is 1.49. The van der Waals surface area contributed by atoms with E-state index in [2.05, 4.69) is 6.92 Å². The molecule has 0 saturated carbocycles. The molecule has 0 fully saturated rings. The quantitative estimate of drug-likeness (QED) is 0.696. The van der Waals surface area contributed by atoms with Gasteiger partial charge < -0.3 is 4.90 Å². The summed E-state index contributed by atoms with van der Waals surface area (Å²) in [5.74, 6) is -0.00349. The van der Waals surface area contributed by atoms with Crippen LogP contribution in [0.1, 0.15) is 18.9 Å². The summed E-state index contributed by atoms with van der Waals surface area (Å²) in [7, 11) is 1.95. The van der Waals surface area contributed by atoms with Crippen molar-refractivity contribution in [2.24, 2.45) is 0 Å². The summed E-state index contributed by atoms with van der Waals surface area (Å²) < 4.78 is 13.3. The van der Waals surface area contributed by atoms with E-state index in [9.17, 15) is 4.39 Å². The molecule has 0 radical (unpaired) electrons. The average molecular weight is 216 g/mol. The number of alkyl halides is 1. The van der Waals surface area contributed by atoms with Crippen LogP contribution in [0.25, 0.3) is 0 Å². The zero-order valence-corrected chi connectivity index (χ0v) is 9.31. The smallest absolute Gasteiger partial charge is 0.129 e. The summed E-state index contributed by atoms with van der Waals surface area (Å²) in [6.45, 7) is 3.00. The highest BCUT2D eigenvalue weighted by Gasteiger charge is 2.09. The molecule has 0 aliphatic carbocycles. The monoisotopic (exact) mass is 215 g/mol. The minimum Gasteiger partial charge on any atom is -0.374 e. The van der Waals surface area contributed by atoms with Crippen molar-refractivity contribution in [2.45, 2.75) is 19.2 Å². The molecule has 0 aliphatic rings. The molecule has 14 heavy (non-hydrogen) atoms. The van der Waals surface area contributed by atoms with Crippen LogP contribution in [0.2, 0.25) is 0 Å². The summed E-state index contributed by atoms with van der Waals surface area (Å²) in [6.07, 6.45) is 1.04. The molecule has 1 nitrogen and oxygen atoms in total. The second-order valence-electron chi connectivity index (χ2n) is 3.29. The Hall–Kier alpha value is -0.760. The Morgan fingerprint density at radius 3 is 2.71 bits per heavy atom. The molecule has 0 bridgehead atoms. The summed E-state index contributed by atoms with van der Waals surface area (Å²) in [5, 5.41) is 0. The maximum absolute atomic E-state index is 13.3. The summed E-state index contributed by atoms with van der Waals surface area (Å²) in [6, 6.07) is 5.06. The number of hydrogen-bond acceptors (Lipinski definition) is 1. The van der Waals surface area contributed by atoms with E-state index in [1.165, 1.54) is 6.07 Å². The van der Waals surface area contributed by atoms with E-state index in [0.29, 0.717) is 5.56 Å². The van der Waals surface area contributed by atoms with Gasteiger partial charge in [-0.25, -0.2) is 4.39 Å². The summed E-state index contributed by atoms with van der Waals surface area (Å²) >= 11 is 5.71. The van der Waals surface area contributed by atoms with Crippen LogP contribution in [0.15, 0.2) is 18.2 Å². The first kappa shape index (κ1) is 11.3. The lowest BCUT2D eigenvalue weighted by molar-refractivity contribution is 0.616. The Labute approximate surface area is 89.5 Å². The highest BCUT2D eigenvalue weighted by molar-refractivity contribution is 6.17. The average Bonchev–Trinajstić information content (AvgIpc) is 2.17. The Morgan fingerprint density at radius 2 is 2.14 bits per heavy atom. The minimum absolute atomic E-state index is 0.218. The molecular weight excluding hydrogens is 201 g/mol. The largest absolute Gasteiger partial charge is 0.374 e. The van der Waals surface area contributed by atoms with Gasteiger partial charge in [-0.2, -0.15) is 0 Å². The van der Waals surface area contributed by atoms with Gasteiger partial charge in [-0.05, 0) is 18.6 Å². The maximum Gasteiger partial charge on any atom is 0.129 e. The predicted molar refractivity (Wildman–Crippen MR) is 59.5 cm³/mol. The van der Waals surface area contributed by atoms with E-state index >= 15 is 0 Å². The zero-order valence-electron chi connectivity index (χ0n) is 8.56. The molecule has 1 rings (SSSR count). The van der Waals surface area contributed by atoms with E-state index < -0.39 is 0 Å². The molecule has 0 unspecified atom stereocenters. The van der Waals surface area contributed by atoms with Crippen LogP contribution in [0, 0.1) is 5.82 Å². The zero-order chi connectivity index (χ0) is 10.6. The molecule has 0 N–H and O–H groups in total. The van der Waals surface area contributed by atoms with Crippen molar-refractivity contribution in [2.75, 3.05) is 18.5 Å². The Morgan fingerprint density at radius 1 is 1.43 bits per heavy atom. The van der Waals surface area contributed by atoms with Crippen LogP contribution < -0.4 is 4.90 Å². The topological polar surface area (TPSA) is 3.24 Å². The Balaban J connectivity index is 3.00. The Kier molecular flexibility index (Phi) is 4.21. The molecule has 1 aromatic rings. The molecule has 0 amide bonds. The van der Waals surface area contributed by atoms with Crippen LogP contribution in [-0.4, -0.2) is 13.6 Å². The van der Waals surface area contributed by atoms with Crippen LogP contribution in [0.3, 0.4) is 0 Å². The first-order valence-electron chi connectivity index (χ1n) is 4.75. The van der Waals surface area contributed by atoms with Gasteiger partial charge in [0.25, 0.3) is 0 Å². The van der Waals surface area contributed by atoms with Gasteiger partial charge in [-0.15, -0.1) is 11.6 Å². The van der Waals surface area contributed by atoms with Gasteiger partial charge in [0.05, 0.1) is 5.88 Å². The maximum atomic E-state index is 13.3. The molecule has 78 valence electrons. The highest BCUT2D eigenvalue weighted by Crippen LogP contribution is 2.23. The molecule has 1 aromatic carbocycles. The SMILES string of the molecule is CCCN(C)c1cccc(F)c1CCl. The van der Waals surface area contributed by atoms with Crippen LogP contribution in [0.5, 0.6) is 0 Å². The van der Waals surface area contributed by atoms with Gasteiger partial charge >= 0.3 is 0 Å². The van der Waals surface area contributed by atoms with Crippen molar-refractivity contribution in [1.82, 2.24) is 0 Å². The van der Waals surface area contributed by atoms with Crippen molar-refractivity contribution in [3.63, 3.8) is 0 Å². The third kappa shape index (κ3) is 2.38. The lowest BCUT2D eigenvalue weighted by Crippen LogP contribution is -2.19. The molecule has 0 aliphatic heterocycles. The molecular formula is C11H15ClFN. The van der Waals surface area contributed by atoms with E-state index in [1.807, 2.05) is 18.0 Å². The number of halogens is 2. The molecule has 0 atom stereocenters. The third-order valence-electron chi connectivity index (χ3n) is 2.20. The van der Waals surface area contributed by atoms with Gasteiger partial charge in [0.15, 0.2) is 0 Å². The first-order valence-corrected chi connectivity index (χ1v) is 5.28. The standard InChI is InChI=1S/C11H15ClFN/c1-3-7-14(2)11-6-4-5-10(13)9(11)8-12/h4-6H,3,7-8H2,1-2H3. The molecule has 0 spiro atoms. The lowest BCUT2D eigenvalue weighted by atomic mass is 10.1. The van der Waals surface area contributed by atoms with Crippen LogP contribution in [-0.2, 0) is 5.88 Å². The Bertz CT molecular complexity index is 301. The van der Waals surface area contributed by atoms with E-state index in [4.69, 9.17) is 11.6 Å². The van der Waals surface area contributed by atoms with Gasteiger partial charge in [0.2, 0.25) is 0 Å². The van der Waals surface area contributed by atoms with Crippen molar-refractivity contribution in [3.8, 4) is 0 Å². The van der Waals surface area contributed by atoms with Crippen LogP contribution >= 0.6 is 11.6 Å². The number of hydrogen-bond donors (Lipinski definition) is 0. The normalized spacial score (nSPS) is 10.3. The van der Waals surface area contributed by atoms with E-state index in [0.717, 1.165) is 18.7 Å². The van der Waals surface area contributed by atoms with E-state index in [1.54, 1.807) is 6.07 Å². The predicted octanol–water partition coefficient (Wildman–Crippen LogP) is 3.41. The fraction of sp³-hybridized carbons (Fsp3) is 0.455. The van der Waals surface area contributed by atoms with Crippen molar-refractivity contribution < 1.29 is 4.39 Å². The van der Waals surface area contributed by atoms with Gasteiger partial charge in [-0.1, -0.05) is 13.0 Å². The number of anilines is 1. The molecule has 3 heteroatoms. The lowest BCUT2D eigenvalue weighted by Gasteiger charge is -2.21. The number of rotatable bonds is 4. The van der Waals surface area contributed by atoms with Gasteiger partial charge in [0, 0.05) is 24.8 Å². The minimum atomic E-state index is -0.222. The molecule has 0 heterocycles. The van der Waals surface area contributed by atoms with Crippen molar-refractivity contribution >= 4 is 17.3 Å². The molecule has 0 aromatic heterocycles. The fourth-order valence-corrected chi connectivity index (χ4v) is 1.76. The third-order valence-corrected chi connectivity index (χ3v) is 2.47. The molecule has 0 saturated heterocycles. The second kappa shape index (κ2) is 5.20. The second-order valence-corrected chi connectivity index (χ2v) is 3.56. The number of nitrogens with zero attached hydrogens (tertiary/aromatic N) is 1. The van der Waals surface area contributed by atoms with Gasteiger partial charge in [-0.3, -0.25) is 0 Å². The highest BCUT2D eigenvalue weighted by atomic mass is 35.5. The van der Waals surface area contributed by atoms with Crippen molar-refractivity contribution in [1.29, 1.82) is 0 Å². The van der Waals surface area contributed by atoms with Gasteiger partial charge in [0.1, 0.15) is 5.82 Å². The number of benzene rings is 1.